The highest BCUT2D eigenvalue weighted by molar-refractivity contribution is 5.85. The standard InChI is InChI=1S/C10H18N2O5/c1-6(14)8(5-13)12-10(17)7(11-2)3-4-9(15)16/h5-8,11,14H,3-4H2,1-2H3,(H,12,17)(H,15,16)/t6-,7+,8-/m1/s1. The molecule has 0 aromatic carbocycles. The highest BCUT2D eigenvalue weighted by Crippen LogP contribution is 1.99. The van der Waals surface area contributed by atoms with Crippen molar-refractivity contribution >= 4 is 18.2 Å². The maximum absolute atomic E-state index is 11.6. The van der Waals surface area contributed by atoms with Gasteiger partial charge in [0.2, 0.25) is 5.91 Å². The van der Waals surface area contributed by atoms with Gasteiger partial charge in [0.25, 0.3) is 0 Å². The molecule has 0 saturated carbocycles. The van der Waals surface area contributed by atoms with E-state index in [9.17, 15) is 19.5 Å². The maximum Gasteiger partial charge on any atom is 0.303 e. The molecule has 0 unspecified atom stereocenters. The second-order valence-corrected chi connectivity index (χ2v) is 3.68. The lowest BCUT2D eigenvalue weighted by molar-refractivity contribution is -0.137. The first kappa shape index (κ1) is 15.5. The summed E-state index contributed by atoms with van der Waals surface area (Å²) in [7, 11) is 1.52. The number of hydrogen-bond acceptors (Lipinski definition) is 5. The van der Waals surface area contributed by atoms with E-state index < -0.39 is 30.1 Å². The van der Waals surface area contributed by atoms with Crippen LogP contribution in [0.3, 0.4) is 0 Å². The Labute approximate surface area is 99.2 Å². The molecule has 0 aromatic heterocycles. The SMILES string of the molecule is CN[C@@H](CCC(=O)O)C(=O)N[C@H](C=O)[C@@H](C)O. The second-order valence-electron chi connectivity index (χ2n) is 3.68. The number of nitrogens with one attached hydrogen (secondary N) is 2. The number of aliphatic hydroxyl groups excluding tert-OH is 1. The van der Waals surface area contributed by atoms with Crippen molar-refractivity contribution in [1.29, 1.82) is 0 Å². The molecule has 0 aliphatic carbocycles. The molecule has 0 aliphatic heterocycles. The molecular weight excluding hydrogens is 228 g/mol. The Kier molecular flexibility index (Phi) is 7.08. The number of aldehydes is 1. The number of rotatable bonds is 8. The third kappa shape index (κ3) is 5.98. The van der Waals surface area contributed by atoms with Gasteiger partial charge in [-0.2, -0.15) is 0 Å². The average Bonchev–Trinajstić information content (AvgIpc) is 2.25. The van der Waals surface area contributed by atoms with E-state index in [0.717, 1.165) is 0 Å². The van der Waals surface area contributed by atoms with Crippen LogP contribution in [-0.4, -0.2) is 53.6 Å². The second kappa shape index (κ2) is 7.75. The molecule has 3 atom stereocenters. The molecule has 4 N–H and O–H groups in total. The third-order valence-electron chi connectivity index (χ3n) is 2.29. The predicted octanol–water partition coefficient (Wildman–Crippen LogP) is -1.50. The molecule has 98 valence electrons. The Morgan fingerprint density at radius 3 is 2.35 bits per heavy atom. The third-order valence-corrected chi connectivity index (χ3v) is 2.29. The summed E-state index contributed by atoms with van der Waals surface area (Å²) in [4.78, 5) is 32.6. The molecule has 0 aromatic rings. The monoisotopic (exact) mass is 246 g/mol. The summed E-state index contributed by atoms with van der Waals surface area (Å²) < 4.78 is 0. The molecular formula is C10H18N2O5. The normalized spacial score (nSPS) is 15.7. The smallest absolute Gasteiger partial charge is 0.303 e. The number of carbonyl (C=O) groups is 3. The average molecular weight is 246 g/mol. The molecule has 7 heteroatoms. The van der Waals surface area contributed by atoms with Gasteiger partial charge in [-0.25, -0.2) is 0 Å². The predicted molar refractivity (Wildman–Crippen MR) is 59.4 cm³/mol. The number of hydrogen-bond donors (Lipinski definition) is 4. The van der Waals surface area contributed by atoms with E-state index in [-0.39, 0.29) is 12.8 Å². The van der Waals surface area contributed by atoms with E-state index in [1.807, 2.05) is 0 Å². The Hall–Kier alpha value is -1.47. The van der Waals surface area contributed by atoms with Gasteiger partial charge in [-0.1, -0.05) is 0 Å². The zero-order valence-electron chi connectivity index (χ0n) is 9.84. The fourth-order valence-electron chi connectivity index (χ4n) is 1.21. The van der Waals surface area contributed by atoms with Crippen LogP contribution in [0.1, 0.15) is 19.8 Å². The number of likely N-dealkylation sites (N-methyl/N-ethyl adjacent to an activating group) is 1. The highest BCUT2D eigenvalue weighted by Gasteiger charge is 2.22. The van der Waals surface area contributed by atoms with Crippen LogP contribution in [0.2, 0.25) is 0 Å². The van der Waals surface area contributed by atoms with Crippen molar-refractivity contribution in [1.82, 2.24) is 10.6 Å². The molecule has 0 radical (unpaired) electrons. The van der Waals surface area contributed by atoms with Crippen LogP contribution in [0.25, 0.3) is 0 Å². The lowest BCUT2D eigenvalue weighted by Gasteiger charge is -2.20. The van der Waals surface area contributed by atoms with Crippen molar-refractivity contribution in [3.05, 3.63) is 0 Å². The number of carbonyl (C=O) groups excluding carboxylic acids is 2. The molecule has 0 rings (SSSR count). The zero-order chi connectivity index (χ0) is 13.4. The molecule has 0 saturated heterocycles. The quantitative estimate of drug-likeness (QED) is 0.387. The van der Waals surface area contributed by atoms with E-state index in [4.69, 9.17) is 5.11 Å². The first-order chi connectivity index (χ1) is 7.92. The van der Waals surface area contributed by atoms with Crippen LogP contribution in [0.5, 0.6) is 0 Å². The van der Waals surface area contributed by atoms with Crippen LogP contribution in [-0.2, 0) is 14.4 Å². The first-order valence-corrected chi connectivity index (χ1v) is 5.25. The number of amides is 1. The van der Waals surface area contributed by atoms with Gasteiger partial charge in [-0.05, 0) is 20.4 Å². The summed E-state index contributed by atoms with van der Waals surface area (Å²) >= 11 is 0. The minimum Gasteiger partial charge on any atom is -0.481 e. The molecule has 0 aliphatic rings. The van der Waals surface area contributed by atoms with Crippen molar-refractivity contribution in [2.24, 2.45) is 0 Å². The zero-order valence-corrected chi connectivity index (χ0v) is 9.84. The van der Waals surface area contributed by atoms with Crippen LogP contribution < -0.4 is 10.6 Å². The number of aliphatic hydroxyl groups is 1. The highest BCUT2D eigenvalue weighted by atomic mass is 16.4. The minimum atomic E-state index is -1.000. The van der Waals surface area contributed by atoms with E-state index in [1.165, 1.54) is 14.0 Å². The summed E-state index contributed by atoms with van der Waals surface area (Å²) in [6, 6.07) is -1.68. The fourth-order valence-corrected chi connectivity index (χ4v) is 1.21. The van der Waals surface area contributed by atoms with E-state index in [2.05, 4.69) is 10.6 Å². The van der Waals surface area contributed by atoms with Gasteiger partial charge in [0.15, 0.2) is 0 Å². The maximum atomic E-state index is 11.6. The topological polar surface area (TPSA) is 116 Å². The van der Waals surface area contributed by atoms with Gasteiger partial charge in [0.1, 0.15) is 12.3 Å². The van der Waals surface area contributed by atoms with E-state index >= 15 is 0 Å². The van der Waals surface area contributed by atoms with Crippen LogP contribution >= 0.6 is 0 Å². The van der Waals surface area contributed by atoms with Crippen molar-refractivity contribution in [2.45, 2.75) is 38.0 Å². The summed E-state index contributed by atoms with van der Waals surface area (Å²) in [5.41, 5.74) is 0. The molecule has 0 spiro atoms. The van der Waals surface area contributed by atoms with Gasteiger partial charge < -0.3 is 25.6 Å². The summed E-state index contributed by atoms with van der Waals surface area (Å²) in [5, 5.41) is 22.7. The van der Waals surface area contributed by atoms with Crippen LogP contribution in [0.4, 0.5) is 0 Å². The Bertz CT molecular complexity index is 280. The van der Waals surface area contributed by atoms with Crippen molar-refractivity contribution in [2.75, 3.05) is 7.05 Å². The van der Waals surface area contributed by atoms with Crippen molar-refractivity contribution < 1.29 is 24.6 Å². The van der Waals surface area contributed by atoms with Gasteiger partial charge in [-0.15, -0.1) is 0 Å². The molecule has 1 amide bonds. The van der Waals surface area contributed by atoms with Gasteiger partial charge >= 0.3 is 5.97 Å². The molecule has 17 heavy (non-hydrogen) atoms. The number of carboxylic acids is 1. The van der Waals surface area contributed by atoms with Crippen molar-refractivity contribution in [3.8, 4) is 0 Å². The van der Waals surface area contributed by atoms with Gasteiger partial charge in [-0.3, -0.25) is 9.59 Å². The van der Waals surface area contributed by atoms with Gasteiger partial charge in [0.05, 0.1) is 12.1 Å². The molecule has 0 bridgehead atoms. The summed E-state index contributed by atoms with van der Waals surface area (Å²) in [6.45, 7) is 1.38. The largest absolute Gasteiger partial charge is 0.481 e. The molecule has 7 nitrogen and oxygen atoms in total. The van der Waals surface area contributed by atoms with Crippen LogP contribution in [0, 0.1) is 0 Å². The Balaban J connectivity index is 4.33. The molecule has 0 heterocycles. The van der Waals surface area contributed by atoms with Crippen LogP contribution in [0.15, 0.2) is 0 Å². The fraction of sp³-hybridized carbons (Fsp3) is 0.700. The number of carboxylic acid groups (broad SMARTS) is 1. The lowest BCUT2D eigenvalue weighted by Crippen LogP contribution is -2.50. The summed E-state index contributed by atoms with van der Waals surface area (Å²) in [5.74, 6) is -1.51. The first-order valence-electron chi connectivity index (χ1n) is 5.25. The molecule has 0 fully saturated rings. The lowest BCUT2D eigenvalue weighted by atomic mass is 10.1. The van der Waals surface area contributed by atoms with E-state index in [0.29, 0.717) is 6.29 Å². The minimum absolute atomic E-state index is 0.114. The van der Waals surface area contributed by atoms with E-state index in [1.54, 1.807) is 0 Å². The Morgan fingerprint density at radius 2 is 2.00 bits per heavy atom. The number of aliphatic carboxylic acids is 1. The van der Waals surface area contributed by atoms with Gasteiger partial charge in [0, 0.05) is 6.42 Å². The van der Waals surface area contributed by atoms with Crippen molar-refractivity contribution in [3.63, 3.8) is 0 Å². The summed E-state index contributed by atoms with van der Waals surface area (Å²) in [6.07, 6.45) is -0.594. The Morgan fingerprint density at radius 1 is 1.41 bits per heavy atom.